The predicted octanol–water partition coefficient (Wildman–Crippen LogP) is 2.34. The number of hydrogen-bond acceptors (Lipinski definition) is 7. The molecule has 0 radical (unpaired) electrons. The molecular formula is C21H21N5O5. The van der Waals surface area contributed by atoms with Gasteiger partial charge >= 0.3 is 5.97 Å². The molecule has 31 heavy (non-hydrogen) atoms. The van der Waals surface area contributed by atoms with Gasteiger partial charge in [-0.3, -0.25) is 9.59 Å². The molecule has 0 unspecified atom stereocenters. The fourth-order valence-corrected chi connectivity index (χ4v) is 2.80. The molecule has 0 aliphatic heterocycles. The van der Waals surface area contributed by atoms with Crippen LogP contribution in [0.5, 0.6) is 5.75 Å². The molecule has 0 saturated carbocycles. The normalized spacial score (nSPS) is 10.3. The number of esters is 1. The van der Waals surface area contributed by atoms with Crippen LogP contribution in [0, 0.1) is 6.92 Å². The zero-order valence-corrected chi connectivity index (χ0v) is 17.2. The molecular weight excluding hydrogens is 402 g/mol. The van der Waals surface area contributed by atoms with Crippen molar-refractivity contribution in [3.05, 3.63) is 60.0 Å². The Hall–Kier alpha value is -4.21. The number of nitrogens with one attached hydrogen (secondary N) is 2. The zero-order chi connectivity index (χ0) is 22.4. The Kier molecular flexibility index (Phi) is 6.61. The molecule has 0 atom stereocenters. The molecule has 3 aromatic rings. The van der Waals surface area contributed by atoms with Gasteiger partial charge in [-0.05, 0) is 37.3 Å². The minimum Gasteiger partial charge on any atom is -0.495 e. The summed E-state index contributed by atoms with van der Waals surface area (Å²) >= 11 is 0. The summed E-state index contributed by atoms with van der Waals surface area (Å²) in [6.45, 7) is 2.57. The van der Waals surface area contributed by atoms with Gasteiger partial charge < -0.3 is 20.1 Å². The fraction of sp³-hybridized carbons (Fsp3) is 0.190. The molecule has 0 aliphatic rings. The number of nitrogens with zero attached hydrogens (tertiary/aromatic N) is 3. The van der Waals surface area contributed by atoms with Crippen LogP contribution in [0.2, 0.25) is 0 Å². The number of carbonyl (C=O) groups excluding carboxylic acids is 3. The number of methoxy groups -OCH3 is 1. The van der Waals surface area contributed by atoms with Crippen molar-refractivity contribution < 1.29 is 23.9 Å². The van der Waals surface area contributed by atoms with Crippen molar-refractivity contribution in [2.24, 2.45) is 0 Å². The highest BCUT2D eigenvalue weighted by molar-refractivity contribution is 5.97. The van der Waals surface area contributed by atoms with Gasteiger partial charge in [0.25, 0.3) is 5.91 Å². The number of pyridine rings is 1. The number of rotatable bonds is 7. The highest BCUT2D eigenvalue weighted by Gasteiger charge is 2.18. The van der Waals surface area contributed by atoms with Crippen molar-refractivity contribution >= 4 is 29.2 Å². The van der Waals surface area contributed by atoms with Gasteiger partial charge in [-0.1, -0.05) is 6.07 Å². The monoisotopic (exact) mass is 423 g/mol. The number of aromatic nitrogens is 3. The van der Waals surface area contributed by atoms with E-state index in [-0.39, 0.29) is 11.5 Å². The lowest BCUT2D eigenvalue weighted by molar-refractivity contribution is -0.119. The number of ether oxygens (including phenoxy) is 2. The summed E-state index contributed by atoms with van der Waals surface area (Å²) in [7, 11) is 1.45. The smallest absolute Gasteiger partial charge is 0.342 e. The van der Waals surface area contributed by atoms with Gasteiger partial charge in [0.2, 0.25) is 5.91 Å². The molecule has 0 fully saturated rings. The average Bonchev–Trinajstić information content (AvgIpc) is 3.14. The standard InChI is InChI=1S/C21H21N5O5/c1-13-16(11-23-26(13)19-6-4-5-9-22-19)21(29)31-12-20(28)25-17-10-15(24-14(2)27)7-8-18(17)30-3/h4-11H,12H2,1-3H3,(H,24,27)(H,25,28). The second kappa shape index (κ2) is 9.53. The SMILES string of the molecule is COc1ccc(NC(C)=O)cc1NC(=O)COC(=O)c1cnn(-c2ccccn2)c1C. The molecule has 0 bridgehead atoms. The Balaban J connectivity index is 1.64. The van der Waals surface area contributed by atoms with E-state index >= 15 is 0 Å². The maximum atomic E-state index is 12.4. The van der Waals surface area contributed by atoms with Crippen molar-refractivity contribution in [2.45, 2.75) is 13.8 Å². The van der Waals surface area contributed by atoms with E-state index in [1.807, 2.05) is 0 Å². The van der Waals surface area contributed by atoms with Crippen LogP contribution in [0.4, 0.5) is 11.4 Å². The Labute approximate surface area is 178 Å². The summed E-state index contributed by atoms with van der Waals surface area (Å²) in [4.78, 5) is 40.1. The van der Waals surface area contributed by atoms with Gasteiger partial charge in [0.15, 0.2) is 12.4 Å². The molecule has 10 nitrogen and oxygen atoms in total. The summed E-state index contributed by atoms with van der Waals surface area (Å²) in [6, 6.07) is 10.1. The lowest BCUT2D eigenvalue weighted by atomic mass is 10.2. The predicted molar refractivity (Wildman–Crippen MR) is 112 cm³/mol. The summed E-state index contributed by atoms with van der Waals surface area (Å²) < 4.78 is 11.8. The van der Waals surface area contributed by atoms with E-state index in [4.69, 9.17) is 9.47 Å². The van der Waals surface area contributed by atoms with Crippen LogP contribution in [-0.2, 0) is 14.3 Å². The van der Waals surface area contributed by atoms with E-state index in [2.05, 4.69) is 20.7 Å². The van der Waals surface area contributed by atoms with Crippen LogP contribution in [0.15, 0.2) is 48.8 Å². The first-order valence-electron chi connectivity index (χ1n) is 9.27. The highest BCUT2D eigenvalue weighted by Crippen LogP contribution is 2.27. The van der Waals surface area contributed by atoms with Crippen LogP contribution in [0.25, 0.3) is 5.82 Å². The van der Waals surface area contributed by atoms with Crippen molar-refractivity contribution in [2.75, 3.05) is 24.4 Å². The van der Waals surface area contributed by atoms with Crippen LogP contribution in [0.3, 0.4) is 0 Å². The van der Waals surface area contributed by atoms with E-state index < -0.39 is 18.5 Å². The first-order chi connectivity index (χ1) is 14.9. The van der Waals surface area contributed by atoms with E-state index in [0.717, 1.165) is 0 Å². The van der Waals surface area contributed by atoms with Crippen LogP contribution in [0.1, 0.15) is 23.0 Å². The summed E-state index contributed by atoms with van der Waals surface area (Å²) in [5.41, 5.74) is 1.57. The summed E-state index contributed by atoms with van der Waals surface area (Å²) in [6.07, 6.45) is 2.98. The van der Waals surface area contributed by atoms with Crippen molar-refractivity contribution in [3.8, 4) is 11.6 Å². The van der Waals surface area contributed by atoms with Crippen LogP contribution in [-0.4, -0.2) is 46.3 Å². The lowest BCUT2D eigenvalue weighted by Gasteiger charge is -2.12. The van der Waals surface area contributed by atoms with E-state index in [1.54, 1.807) is 49.5 Å². The molecule has 2 amide bonds. The molecule has 0 saturated heterocycles. The number of anilines is 2. The van der Waals surface area contributed by atoms with Crippen molar-refractivity contribution in [3.63, 3.8) is 0 Å². The minimum atomic E-state index is -0.686. The van der Waals surface area contributed by atoms with Gasteiger partial charge in [-0.25, -0.2) is 14.5 Å². The Bertz CT molecular complexity index is 1110. The molecule has 160 valence electrons. The number of hydrogen-bond donors (Lipinski definition) is 2. The highest BCUT2D eigenvalue weighted by atomic mass is 16.5. The molecule has 3 rings (SSSR count). The van der Waals surface area contributed by atoms with Crippen LogP contribution >= 0.6 is 0 Å². The molecule has 0 aliphatic carbocycles. The van der Waals surface area contributed by atoms with Crippen molar-refractivity contribution in [1.29, 1.82) is 0 Å². The largest absolute Gasteiger partial charge is 0.495 e. The molecule has 2 aromatic heterocycles. The van der Waals surface area contributed by atoms with Crippen LogP contribution < -0.4 is 15.4 Å². The Morgan fingerprint density at radius 2 is 1.94 bits per heavy atom. The van der Waals surface area contributed by atoms with Gasteiger partial charge in [-0.2, -0.15) is 5.10 Å². The van der Waals surface area contributed by atoms with Gasteiger partial charge in [0, 0.05) is 18.8 Å². The number of benzene rings is 1. The minimum absolute atomic E-state index is 0.226. The second-order valence-corrected chi connectivity index (χ2v) is 6.46. The maximum Gasteiger partial charge on any atom is 0.342 e. The molecule has 0 spiro atoms. The third-order valence-corrected chi connectivity index (χ3v) is 4.22. The van der Waals surface area contributed by atoms with Gasteiger partial charge in [0.1, 0.15) is 11.3 Å². The van der Waals surface area contributed by atoms with Gasteiger partial charge in [-0.15, -0.1) is 0 Å². The van der Waals surface area contributed by atoms with E-state index in [0.29, 0.717) is 28.6 Å². The number of carbonyl (C=O) groups is 3. The molecule has 2 N–H and O–H groups in total. The van der Waals surface area contributed by atoms with Crippen molar-refractivity contribution in [1.82, 2.24) is 14.8 Å². The quantitative estimate of drug-likeness (QED) is 0.559. The third kappa shape index (κ3) is 5.24. The summed E-state index contributed by atoms with van der Waals surface area (Å²) in [5, 5.41) is 9.38. The third-order valence-electron chi connectivity index (χ3n) is 4.22. The zero-order valence-electron chi connectivity index (χ0n) is 17.2. The Morgan fingerprint density at radius 1 is 1.13 bits per heavy atom. The second-order valence-electron chi connectivity index (χ2n) is 6.46. The van der Waals surface area contributed by atoms with Gasteiger partial charge in [0.05, 0.1) is 24.7 Å². The number of amides is 2. The first kappa shape index (κ1) is 21.5. The Morgan fingerprint density at radius 3 is 2.61 bits per heavy atom. The van der Waals surface area contributed by atoms with E-state index in [1.165, 1.54) is 24.9 Å². The maximum absolute atomic E-state index is 12.4. The average molecular weight is 423 g/mol. The van der Waals surface area contributed by atoms with E-state index in [9.17, 15) is 14.4 Å². The molecule has 10 heteroatoms. The first-order valence-corrected chi connectivity index (χ1v) is 9.27. The molecule has 2 heterocycles. The summed E-state index contributed by atoms with van der Waals surface area (Å²) in [5.74, 6) is -0.558. The lowest BCUT2D eigenvalue weighted by Crippen LogP contribution is -2.21. The fourth-order valence-electron chi connectivity index (χ4n) is 2.80. The topological polar surface area (TPSA) is 124 Å². The molecule has 1 aromatic carbocycles.